The van der Waals surface area contributed by atoms with Crippen molar-refractivity contribution in [2.75, 3.05) is 0 Å². The van der Waals surface area contributed by atoms with Crippen LogP contribution >= 0.6 is 0 Å². The molecule has 1 fully saturated rings. The Morgan fingerprint density at radius 2 is 1.07 bits per heavy atom. The SMILES string of the molecule is CC.CCC.CCC.CCC1CCC1. The van der Waals surface area contributed by atoms with Crippen LogP contribution in [-0.2, 0) is 0 Å². The first-order valence-electron chi connectivity index (χ1n) is 6.76. The molecule has 0 aromatic rings. The van der Waals surface area contributed by atoms with Gasteiger partial charge in [0.2, 0.25) is 0 Å². The minimum absolute atomic E-state index is 1.12. The second kappa shape index (κ2) is 23.1. The lowest BCUT2D eigenvalue weighted by molar-refractivity contribution is 0.307. The van der Waals surface area contributed by atoms with E-state index < -0.39 is 0 Å². The normalized spacial score (nSPS) is 13.1. The van der Waals surface area contributed by atoms with Gasteiger partial charge in [-0.05, 0) is 5.92 Å². The second-order valence-electron chi connectivity index (χ2n) is 3.62. The lowest BCUT2D eigenvalue weighted by Crippen LogP contribution is -2.08. The van der Waals surface area contributed by atoms with Crippen LogP contribution in [0.4, 0.5) is 0 Å². The maximum atomic E-state index is 2.28. The molecular formula is C14H34. The van der Waals surface area contributed by atoms with Crippen molar-refractivity contribution in [2.24, 2.45) is 5.92 Å². The summed E-state index contributed by atoms with van der Waals surface area (Å²) >= 11 is 0. The molecule has 1 aliphatic carbocycles. The molecule has 0 nitrogen and oxygen atoms in total. The molecule has 0 saturated heterocycles. The molecule has 0 aromatic heterocycles. The van der Waals surface area contributed by atoms with E-state index in [1.54, 1.807) is 0 Å². The van der Waals surface area contributed by atoms with Crippen LogP contribution in [-0.4, -0.2) is 0 Å². The molecule has 0 spiro atoms. The van der Waals surface area contributed by atoms with Crippen molar-refractivity contribution in [1.29, 1.82) is 0 Å². The first-order chi connectivity index (χ1) is 6.76. The number of hydrogen-bond acceptors (Lipinski definition) is 0. The van der Waals surface area contributed by atoms with Gasteiger partial charge in [0.1, 0.15) is 0 Å². The Morgan fingerprint density at radius 1 is 0.786 bits per heavy atom. The summed E-state index contributed by atoms with van der Waals surface area (Å²) < 4.78 is 0. The summed E-state index contributed by atoms with van der Waals surface area (Å²) in [6, 6.07) is 0. The van der Waals surface area contributed by atoms with Crippen LogP contribution in [0.5, 0.6) is 0 Å². The van der Waals surface area contributed by atoms with Gasteiger partial charge in [-0.1, -0.05) is 87.0 Å². The average Bonchev–Trinajstić information content (AvgIpc) is 2.08. The maximum absolute atomic E-state index is 2.28. The van der Waals surface area contributed by atoms with Crippen LogP contribution in [0, 0.1) is 5.92 Å². The molecule has 1 rings (SSSR count). The Kier molecular flexibility index (Phi) is 32.3. The Balaban J connectivity index is -0.000000132. The van der Waals surface area contributed by atoms with Crippen molar-refractivity contribution in [3.8, 4) is 0 Å². The van der Waals surface area contributed by atoms with E-state index in [2.05, 4.69) is 34.6 Å². The molecule has 14 heavy (non-hydrogen) atoms. The van der Waals surface area contributed by atoms with E-state index in [1.807, 2.05) is 13.8 Å². The Hall–Kier alpha value is 0. The molecule has 0 heterocycles. The number of rotatable bonds is 1. The van der Waals surface area contributed by atoms with E-state index in [1.165, 1.54) is 38.5 Å². The van der Waals surface area contributed by atoms with Crippen molar-refractivity contribution in [1.82, 2.24) is 0 Å². The van der Waals surface area contributed by atoms with Gasteiger partial charge in [-0.25, -0.2) is 0 Å². The summed E-state index contributed by atoms with van der Waals surface area (Å²) in [5, 5.41) is 0. The van der Waals surface area contributed by atoms with Gasteiger partial charge < -0.3 is 0 Å². The zero-order valence-corrected chi connectivity index (χ0v) is 11.8. The second-order valence-corrected chi connectivity index (χ2v) is 3.62. The molecule has 90 valence electrons. The van der Waals surface area contributed by atoms with E-state index in [4.69, 9.17) is 0 Å². The van der Waals surface area contributed by atoms with Gasteiger partial charge in [0.05, 0.1) is 0 Å². The zero-order chi connectivity index (χ0) is 11.8. The average molecular weight is 202 g/mol. The predicted octanol–water partition coefficient (Wildman–Crippen LogP) is 6.06. The number of hydrogen-bond donors (Lipinski definition) is 0. The van der Waals surface area contributed by atoms with Crippen LogP contribution < -0.4 is 0 Å². The molecule has 0 radical (unpaired) electrons. The molecule has 0 aromatic carbocycles. The van der Waals surface area contributed by atoms with Crippen molar-refractivity contribution >= 4 is 0 Å². The quantitative estimate of drug-likeness (QED) is 0.485. The Bertz CT molecular complexity index is 48.3. The van der Waals surface area contributed by atoms with Crippen molar-refractivity contribution in [3.05, 3.63) is 0 Å². The fourth-order valence-corrected chi connectivity index (χ4v) is 0.901. The van der Waals surface area contributed by atoms with E-state index >= 15 is 0 Å². The van der Waals surface area contributed by atoms with Crippen molar-refractivity contribution in [2.45, 2.75) is 87.0 Å². The van der Waals surface area contributed by atoms with Crippen molar-refractivity contribution < 1.29 is 0 Å². The molecule has 0 amide bonds. The third kappa shape index (κ3) is 22.7. The molecule has 1 aliphatic rings. The molecule has 0 atom stereocenters. The molecule has 0 aliphatic heterocycles. The monoisotopic (exact) mass is 202 g/mol. The van der Waals surface area contributed by atoms with Gasteiger partial charge in [-0.2, -0.15) is 0 Å². The summed E-state index contributed by atoms with van der Waals surface area (Å²) in [6.45, 7) is 14.8. The highest BCUT2D eigenvalue weighted by molar-refractivity contribution is 4.66. The zero-order valence-electron chi connectivity index (χ0n) is 11.8. The first-order valence-corrected chi connectivity index (χ1v) is 6.76. The van der Waals surface area contributed by atoms with E-state index in [9.17, 15) is 0 Å². The van der Waals surface area contributed by atoms with E-state index in [-0.39, 0.29) is 0 Å². The minimum atomic E-state index is 1.12. The summed E-state index contributed by atoms with van der Waals surface area (Å²) in [4.78, 5) is 0. The van der Waals surface area contributed by atoms with Crippen LogP contribution in [0.3, 0.4) is 0 Å². The fourth-order valence-electron chi connectivity index (χ4n) is 0.901. The van der Waals surface area contributed by atoms with Gasteiger partial charge >= 0.3 is 0 Å². The molecule has 0 N–H and O–H groups in total. The fraction of sp³-hybridized carbons (Fsp3) is 1.00. The van der Waals surface area contributed by atoms with Crippen LogP contribution in [0.2, 0.25) is 0 Å². The highest BCUT2D eigenvalue weighted by Crippen LogP contribution is 2.28. The summed E-state index contributed by atoms with van der Waals surface area (Å²) in [5.74, 6) is 1.12. The largest absolute Gasteiger partial charge is 0.0683 e. The molecule has 0 unspecified atom stereocenters. The van der Waals surface area contributed by atoms with Gasteiger partial charge in [0.15, 0.2) is 0 Å². The molecular weight excluding hydrogens is 168 g/mol. The maximum Gasteiger partial charge on any atom is -0.0417 e. The lowest BCUT2D eigenvalue weighted by Gasteiger charge is -2.22. The van der Waals surface area contributed by atoms with Crippen LogP contribution in [0.1, 0.15) is 87.0 Å². The van der Waals surface area contributed by atoms with Gasteiger partial charge in [0, 0.05) is 0 Å². The summed E-state index contributed by atoms with van der Waals surface area (Å²) in [5.41, 5.74) is 0. The Labute approximate surface area is 93.5 Å². The van der Waals surface area contributed by atoms with E-state index in [0.717, 1.165) is 5.92 Å². The highest BCUT2D eigenvalue weighted by atomic mass is 14.2. The third-order valence-electron chi connectivity index (χ3n) is 1.80. The Morgan fingerprint density at radius 3 is 1.07 bits per heavy atom. The standard InChI is InChI=1S/C6H12.2C3H8.C2H6/c1-2-6-4-3-5-6;2*1-3-2;1-2/h6H,2-5H2,1H3;2*3H2,1-2H3;1-2H3. The topological polar surface area (TPSA) is 0 Å². The van der Waals surface area contributed by atoms with Crippen molar-refractivity contribution in [3.63, 3.8) is 0 Å². The summed E-state index contributed by atoms with van der Waals surface area (Å²) in [6.07, 6.45) is 8.44. The highest BCUT2D eigenvalue weighted by Gasteiger charge is 2.13. The van der Waals surface area contributed by atoms with Gasteiger partial charge in [0.25, 0.3) is 0 Å². The summed E-state index contributed by atoms with van der Waals surface area (Å²) in [7, 11) is 0. The predicted molar refractivity (Wildman–Crippen MR) is 70.9 cm³/mol. The van der Waals surface area contributed by atoms with Gasteiger partial charge in [-0.15, -0.1) is 0 Å². The molecule has 0 bridgehead atoms. The minimum Gasteiger partial charge on any atom is -0.0683 e. The lowest BCUT2D eigenvalue weighted by atomic mass is 9.84. The van der Waals surface area contributed by atoms with E-state index in [0.29, 0.717) is 0 Å². The van der Waals surface area contributed by atoms with Crippen LogP contribution in [0.15, 0.2) is 0 Å². The smallest absolute Gasteiger partial charge is 0.0417 e. The molecule has 0 heteroatoms. The third-order valence-corrected chi connectivity index (χ3v) is 1.80. The van der Waals surface area contributed by atoms with Gasteiger partial charge in [-0.3, -0.25) is 0 Å². The first kappa shape index (κ1) is 19.6. The molecule has 1 saturated carbocycles. The van der Waals surface area contributed by atoms with Crippen LogP contribution in [0.25, 0.3) is 0 Å².